The number of nitrogens with zero attached hydrogens (tertiary/aromatic N) is 1. The summed E-state index contributed by atoms with van der Waals surface area (Å²) in [6.45, 7) is 5.25. The SMILES string of the molecule is CCCCc1ccc(C(C(C)C)C(F)(F)F)cn1. The van der Waals surface area contributed by atoms with E-state index >= 15 is 0 Å². The molecular formula is C14H20F3N. The lowest BCUT2D eigenvalue weighted by molar-refractivity contribution is -0.159. The van der Waals surface area contributed by atoms with Crippen LogP contribution in [0.25, 0.3) is 0 Å². The number of aromatic nitrogens is 1. The van der Waals surface area contributed by atoms with Gasteiger partial charge in [-0.3, -0.25) is 4.98 Å². The summed E-state index contributed by atoms with van der Waals surface area (Å²) in [5.74, 6) is -1.90. The van der Waals surface area contributed by atoms with E-state index in [4.69, 9.17) is 0 Å². The summed E-state index contributed by atoms with van der Waals surface area (Å²) < 4.78 is 38.8. The van der Waals surface area contributed by atoms with Crippen LogP contribution >= 0.6 is 0 Å². The van der Waals surface area contributed by atoms with Gasteiger partial charge in [0, 0.05) is 11.9 Å². The number of aryl methyl sites for hydroxylation is 1. The van der Waals surface area contributed by atoms with E-state index in [1.54, 1.807) is 26.0 Å². The van der Waals surface area contributed by atoms with Gasteiger partial charge in [-0.2, -0.15) is 13.2 Å². The molecule has 1 heterocycles. The lowest BCUT2D eigenvalue weighted by Gasteiger charge is -2.24. The van der Waals surface area contributed by atoms with Crippen molar-refractivity contribution in [2.45, 2.75) is 52.1 Å². The largest absolute Gasteiger partial charge is 0.396 e. The van der Waals surface area contributed by atoms with Crippen LogP contribution in [0, 0.1) is 5.92 Å². The fraction of sp³-hybridized carbons (Fsp3) is 0.643. The van der Waals surface area contributed by atoms with E-state index in [0.29, 0.717) is 0 Å². The molecule has 0 aliphatic carbocycles. The van der Waals surface area contributed by atoms with Crippen LogP contribution < -0.4 is 0 Å². The summed E-state index contributed by atoms with van der Waals surface area (Å²) in [6, 6.07) is 3.28. The molecule has 0 saturated heterocycles. The van der Waals surface area contributed by atoms with Crippen LogP contribution in [0.3, 0.4) is 0 Å². The summed E-state index contributed by atoms with van der Waals surface area (Å²) >= 11 is 0. The third kappa shape index (κ3) is 4.00. The average molecular weight is 259 g/mol. The molecule has 0 aliphatic heterocycles. The van der Waals surface area contributed by atoms with E-state index in [2.05, 4.69) is 11.9 Å². The van der Waals surface area contributed by atoms with Crippen molar-refractivity contribution >= 4 is 0 Å². The van der Waals surface area contributed by atoms with Gasteiger partial charge in [-0.25, -0.2) is 0 Å². The minimum Gasteiger partial charge on any atom is -0.261 e. The highest BCUT2D eigenvalue weighted by atomic mass is 19.4. The van der Waals surface area contributed by atoms with Crippen LogP contribution in [0.1, 0.15) is 50.8 Å². The number of rotatable bonds is 5. The smallest absolute Gasteiger partial charge is 0.261 e. The topological polar surface area (TPSA) is 12.9 Å². The summed E-state index contributed by atoms with van der Waals surface area (Å²) in [5.41, 5.74) is 1.13. The van der Waals surface area contributed by atoms with E-state index in [0.717, 1.165) is 25.0 Å². The molecule has 4 heteroatoms. The van der Waals surface area contributed by atoms with Gasteiger partial charge in [0.2, 0.25) is 0 Å². The number of alkyl halides is 3. The van der Waals surface area contributed by atoms with Crippen LogP contribution in [0.5, 0.6) is 0 Å². The lowest BCUT2D eigenvalue weighted by atomic mass is 9.89. The van der Waals surface area contributed by atoms with Gasteiger partial charge in [0.1, 0.15) is 0 Å². The predicted octanol–water partition coefficient (Wildman–Crippen LogP) is 4.73. The summed E-state index contributed by atoms with van der Waals surface area (Å²) in [7, 11) is 0. The lowest BCUT2D eigenvalue weighted by Crippen LogP contribution is -2.25. The summed E-state index contributed by atoms with van der Waals surface area (Å²) in [6.07, 6.45) is 0.0684. The molecular weight excluding hydrogens is 239 g/mol. The maximum Gasteiger partial charge on any atom is 0.396 e. The van der Waals surface area contributed by atoms with Gasteiger partial charge in [-0.1, -0.05) is 33.3 Å². The Kier molecular flexibility index (Phi) is 5.17. The van der Waals surface area contributed by atoms with Crippen molar-refractivity contribution in [2.24, 2.45) is 5.92 Å². The van der Waals surface area contributed by atoms with E-state index in [1.807, 2.05) is 0 Å². The summed E-state index contributed by atoms with van der Waals surface area (Å²) in [5, 5.41) is 0. The highest BCUT2D eigenvalue weighted by Gasteiger charge is 2.42. The molecule has 0 radical (unpaired) electrons. The fourth-order valence-electron chi connectivity index (χ4n) is 2.08. The highest BCUT2D eigenvalue weighted by molar-refractivity contribution is 5.20. The molecule has 1 nitrogen and oxygen atoms in total. The number of hydrogen-bond donors (Lipinski definition) is 0. The van der Waals surface area contributed by atoms with Crippen LogP contribution in [0.2, 0.25) is 0 Å². The van der Waals surface area contributed by atoms with Crippen LogP contribution in [0.4, 0.5) is 13.2 Å². The van der Waals surface area contributed by atoms with Gasteiger partial charge in [0.05, 0.1) is 5.92 Å². The van der Waals surface area contributed by atoms with E-state index < -0.39 is 18.0 Å². The van der Waals surface area contributed by atoms with E-state index in [9.17, 15) is 13.2 Å². The Morgan fingerprint density at radius 1 is 1.22 bits per heavy atom. The molecule has 1 aromatic heterocycles. The monoisotopic (exact) mass is 259 g/mol. The second-order valence-corrected chi connectivity index (χ2v) is 4.95. The molecule has 0 saturated carbocycles. The molecule has 0 fully saturated rings. The zero-order valence-corrected chi connectivity index (χ0v) is 11.1. The van der Waals surface area contributed by atoms with E-state index in [1.165, 1.54) is 6.20 Å². The molecule has 1 unspecified atom stereocenters. The first-order chi connectivity index (χ1) is 8.36. The average Bonchev–Trinajstić information content (AvgIpc) is 2.25. The number of hydrogen-bond acceptors (Lipinski definition) is 1. The minimum atomic E-state index is -4.21. The van der Waals surface area contributed by atoms with Crippen LogP contribution in [0.15, 0.2) is 18.3 Å². The Hall–Kier alpha value is -1.06. The first-order valence-corrected chi connectivity index (χ1v) is 6.37. The minimum absolute atomic E-state index is 0.262. The van der Waals surface area contributed by atoms with Gasteiger partial charge in [-0.15, -0.1) is 0 Å². The van der Waals surface area contributed by atoms with Crippen molar-refractivity contribution in [3.8, 4) is 0 Å². The Morgan fingerprint density at radius 2 is 1.89 bits per heavy atom. The first-order valence-electron chi connectivity index (χ1n) is 6.37. The van der Waals surface area contributed by atoms with Crippen LogP contribution in [-0.4, -0.2) is 11.2 Å². The van der Waals surface area contributed by atoms with Gasteiger partial charge in [0.15, 0.2) is 0 Å². The summed E-state index contributed by atoms with van der Waals surface area (Å²) in [4.78, 5) is 4.13. The zero-order valence-electron chi connectivity index (χ0n) is 11.1. The second kappa shape index (κ2) is 6.21. The molecule has 0 bridgehead atoms. The predicted molar refractivity (Wildman–Crippen MR) is 66.5 cm³/mol. The maximum absolute atomic E-state index is 12.9. The number of unbranched alkanes of at least 4 members (excludes halogenated alkanes) is 1. The molecule has 0 N–H and O–H groups in total. The molecule has 0 spiro atoms. The molecule has 1 atom stereocenters. The Morgan fingerprint density at radius 3 is 2.28 bits per heavy atom. The number of pyridine rings is 1. The van der Waals surface area contributed by atoms with Gasteiger partial charge in [-0.05, 0) is 30.4 Å². The van der Waals surface area contributed by atoms with Gasteiger partial charge < -0.3 is 0 Å². The maximum atomic E-state index is 12.9. The molecule has 0 amide bonds. The number of halogens is 3. The molecule has 0 aliphatic rings. The van der Waals surface area contributed by atoms with Crippen molar-refractivity contribution < 1.29 is 13.2 Å². The molecule has 1 rings (SSSR count). The fourth-order valence-corrected chi connectivity index (χ4v) is 2.08. The van der Waals surface area contributed by atoms with Gasteiger partial charge >= 0.3 is 6.18 Å². The highest BCUT2D eigenvalue weighted by Crippen LogP contribution is 2.39. The third-order valence-corrected chi connectivity index (χ3v) is 3.01. The van der Waals surface area contributed by atoms with Crippen molar-refractivity contribution in [2.75, 3.05) is 0 Å². The molecule has 0 aromatic carbocycles. The Labute approximate surface area is 106 Å². The molecule has 102 valence electrons. The van der Waals surface area contributed by atoms with Crippen molar-refractivity contribution in [3.05, 3.63) is 29.6 Å². The second-order valence-electron chi connectivity index (χ2n) is 4.95. The zero-order chi connectivity index (χ0) is 13.8. The normalized spacial score (nSPS) is 13.9. The molecule has 18 heavy (non-hydrogen) atoms. The van der Waals surface area contributed by atoms with E-state index in [-0.39, 0.29) is 5.56 Å². The van der Waals surface area contributed by atoms with Crippen molar-refractivity contribution in [1.29, 1.82) is 0 Å². The molecule has 1 aromatic rings. The van der Waals surface area contributed by atoms with Crippen molar-refractivity contribution in [1.82, 2.24) is 4.98 Å². The van der Waals surface area contributed by atoms with Gasteiger partial charge in [0.25, 0.3) is 0 Å². The Balaban J connectivity index is 2.88. The Bertz CT molecular complexity index is 354. The third-order valence-electron chi connectivity index (χ3n) is 3.01. The quantitative estimate of drug-likeness (QED) is 0.745. The standard InChI is InChI=1S/C14H20F3N/c1-4-5-6-12-8-7-11(9-18-12)13(10(2)3)14(15,16)17/h7-10,13H,4-6H2,1-3H3. The van der Waals surface area contributed by atoms with Crippen molar-refractivity contribution in [3.63, 3.8) is 0 Å². The first kappa shape index (κ1) is 15.0. The van der Waals surface area contributed by atoms with Crippen LogP contribution in [-0.2, 0) is 6.42 Å².